The molecule has 4 aliphatic rings. The summed E-state index contributed by atoms with van der Waals surface area (Å²) in [5.74, 6) is 2.35. The topological polar surface area (TPSA) is 81.8 Å². The predicted molar refractivity (Wildman–Crippen MR) is 122 cm³/mol. The minimum absolute atomic E-state index is 0.0335. The smallest absolute Gasteiger partial charge is 0.318 e. The molecular formula is C26H40N2O3. The minimum atomic E-state index is -0.636. The third-order valence-corrected chi connectivity index (χ3v) is 9.71. The van der Waals surface area contributed by atoms with Crippen molar-refractivity contribution in [2.45, 2.75) is 92.0 Å². The van der Waals surface area contributed by atoms with Gasteiger partial charge < -0.3 is 10.6 Å². The molecule has 5 heteroatoms. The first-order valence-corrected chi connectivity index (χ1v) is 12.3. The molecular weight excluding hydrogens is 388 g/mol. The zero-order valence-electron chi connectivity index (χ0n) is 19.9. The Balaban J connectivity index is 1.51. The molecule has 0 aromatic heterocycles. The van der Waals surface area contributed by atoms with E-state index in [2.05, 4.69) is 25.1 Å². The maximum absolute atomic E-state index is 12.3. The lowest BCUT2D eigenvalue weighted by molar-refractivity contribution is -0.146. The van der Waals surface area contributed by atoms with Gasteiger partial charge in [-0.1, -0.05) is 38.4 Å². The summed E-state index contributed by atoms with van der Waals surface area (Å²) >= 11 is 0. The van der Waals surface area contributed by atoms with E-state index in [0.29, 0.717) is 17.6 Å². The zero-order valence-corrected chi connectivity index (χ0v) is 19.9. The summed E-state index contributed by atoms with van der Waals surface area (Å²) < 4.78 is 0. The van der Waals surface area contributed by atoms with Crippen molar-refractivity contribution >= 4 is 17.5 Å². The van der Waals surface area contributed by atoms with E-state index in [1.54, 1.807) is 6.92 Å². The fraction of sp³-hybridized carbons (Fsp3) is 0.808. The number of hydrogen-bond donors (Lipinski definition) is 1. The zero-order chi connectivity index (χ0) is 22.6. The lowest BCUT2D eigenvalue weighted by atomic mass is 9.46. The Bertz CT molecular complexity index is 815. The van der Waals surface area contributed by atoms with Gasteiger partial charge in [0, 0.05) is 5.92 Å². The van der Waals surface area contributed by atoms with Crippen LogP contribution in [0, 0.1) is 40.4 Å². The normalized spacial score (nSPS) is 41.8. The van der Waals surface area contributed by atoms with Gasteiger partial charge >= 0.3 is 5.97 Å². The second-order valence-corrected chi connectivity index (χ2v) is 11.6. The molecule has 4 rings (SSSR count). The monoisotopic (exact) mass is 428 g/mol. The van der Waals surface area contributed by atoms with Crippen molar-refractivity contribution in [3.8, 4) is 0 Å². The van der Waals surface area contributed by atoms with Crippen LogP contribution in [0.25, 0.3) is 0 Å². The van der Waals surface area contributed by atoms with Gasteiger partial charge in [-0.25, -0.2) is 4.79 Å². The predicted octanol–water partition coefficient (Wildman–Crippen LogP) is 5.04. The molecule has 0 amide bonds. The van der Waals surface area contributed by atoms with Crippen molar-refractivity contribution in [3.05, 3.63) is 11.6 Å². The molecule has 5 nitrogen and oxygen atoms in total. The molecule has 31 heavy (non-hydrogen) atoms. The molecule has 0 aromatic rings. The summed E-state index contributed by atoms with van der Waals surface area (Å²) in [7, 11) is 0. The number of Topliss-reactive ketones (excluding diaryl/α,β-unsaturated/α-hetero) is 1. The molecule has 0 spiro atoms. The van der Waals surface area contributed by atoms with Gasteiger partial charge in [-0.15, -0.1) is 0 Å². The maximum atomic E-state index is 12.3. The number of fused-ring (bicyclic) bond motifs is 5. The van der Waals surface area contributed by atoms with E-state index in [1.807, 2.05) is 13.8 Å². The Labute approximate surface area is 187 Å². The van der Waals surface area contributed by atoms with Gasteiger partial charge in [0.1, 0.15) is 11.8 Å². The summed E-state index contributed by atoms with van der Waals surface area (Å²) in [6.07, 6.45) is 11.1. The highest BCUT2D eigenvalue weighted by atomic mass is 16.7. The van der Waals surface area contributed by atoms with Crippen molar-refractivity contribution in [1.82, 2.24) is 0 Å². The van der Waals surface area contributed by atoms with E-state index in [1.165, 1.54) is 31.3 Å². The number of hydrogen-bond acceptors (Lipinski definition) is 5. The fourth-order valence-corrected chi connectivity index (χ4v) is 7.75. The molecule has 0 aliphatic heterocycles. The molecule has 0 saturated heterocycles. The molecule has 4 aliphatic carbocycles. The van der Waals surface area contributed by atoms with Crippen LogP contribution in [-0.4, -0.2) is 23.5 Å². The molecule has 7 unspecified atom stereocenters. The highest BCUT2D eigenvalue weighted by molar-refractivity contribution is 5.96. The number of nitrogens with zero attached hydrogens (tertiary/aromatic N) is 1. The maximum Gasteiger partial charge on any atom is 0.351 e. The summed E-state index contributed by atoms with van der Waals surface area (Å²) in [4.78, 5) is 29.6. The summed E-state index contributed by atoms with van der Waals surface area (Å²) in [6, 6.07) is -0.636. The number of ketones is 1. The second-order valence-electron chi connectivity index (χ2n) is 11.6. The average Bonchev–Trinajstić information content (AvgIpc) is 3.08. The van der Waals surface area contributed by atoms with Gasteiger partial charge in [0.15, 0.2) is 0 Å². The van der Waals surface area contributed by atoms with Gasteiger partial charge in [0.05, 0.1) is 5.71 Å². The first kappa shape index (κ1) is 22.7. The lowest BCUT2D eigenvalue weighted by Gasteiger charge is -2.58. The summed E-state index contributed by atoms with van der Waals surface area (Å²) in [6.45, 7) is 10.5. The Morgan fingerprint density at radius 1 is 1.10 bits per heavy atom. The minimum Gasteiger partial charge on any atom is -0.318 e. The van der Waals surface area contributed by atoms with Crippen molar-refractivity contribution in [3.63, 3.8) is 0 Å². The molecule has 0 aromatic carbocycles. The SMILES string of the molecule is CC(=O)C1CCC2C3CCC4=C/C(=N/OC(=O)C(N)C(C)C)CCC4(C)C3CCC12C. The third-order valence-electron chi connectivity index (χ3n) is 9.71. The molecule has 0 heterocycles. The molecule has 7 atom stereocenters. The van der Waals surface area contributed by atoms with Crippen LogP contribution in [0.3, 0.4) is 0 Å². The Hall–Kier alpha value is -1.49. The van der Waals surface area contributed by atoms with Gasteiger partial charge in [0.25, 0.3) is 0 Å². The van der Waals surface area contributed by atoms with E-state index >= 15 is 0 Å². The van der Waals surface area contributed by atoms with Crippen LogP contribution in [0.5, 0.6) is 0 Å². The van der Waals surface area contributed by atoms with E-state index < -0.39 is 12.0 Å². The number of allylic oxidation sites excluding steroid dienone is 2. The van der Waals surface area contributed by atoms with Gasteiger partial charge in [-0.05, 0) is 98.9 Å². The van der Waals surface area contributed by atoms with E-state index in [4.69, 9.17) is 10.6 Å². The van der Waals surface area contributed by atoms with Crippen molar-refractivity contribution in [2.75, 3.05) is 0 Å². The second kappa shape index (κ2) is 8.13. The largest absolute Gasteiger partial charge is 0.351 e. The molecule has 2 N–H and O–H groups in total. The van der Waals surface area contributed by atoms with Gasteiger partial charge in [0.2, 0.25) is 0 Å². The van der Waals surface area contributed by atoms with Crippen LogP contribution in [0.15, 0.2) is 16.8 Å². The van der Waals surface area contributed by atoms with Crippen molar-refractivity contribution < 1.29 is 14.4 Å². The lowest BCUT2D eigenvalue weighted by Crippen LogP contribution is -2.51. The number of carbonyl (C=O) groups is 2. The number of rotatable bonds is 4. The highest BCUT2D eigenvalue weighted by Gasteiger charge is 2.59. The molecule has 0 bridgehead atoms. The summed E-state index contributed by atoms with van der Waals surface area (Å²) in [5.41, 5.74) is 8.63. The van der Waals surface area contributed by atoms with E-state index in [9.17, 15) is 9.59 Å². The molecule has 3 fully saturated rings. The Kier molecular flexibility index (Phi) is 5.95. The first-order chi connectivity index (χ1) is 14.6. The van der Waals surface area contributed by atoms with Crippen LogP contribution < -0.4 is 5.73 Å². The van der Waals surface area contributed by atoms with Crippen LogP contribution in [0.4, 0.5) is 0 Å². The van der Waals surface area contributed by atoms with E-state index in [-0.39, 0.29) is 22.7 Å². The standard InChI is InChI=1S/C26H40N2O3/c1-15(2)23(27)24(30)31-28-18-10-12-25(4)17(14-18)6-7-19-21-9-8-20(16(3)29)26(21,5)13-11-22(19)25/h14-15,19-23H,6-13,27H2,1-5H3/b28-18+. The summed E-state index contributed by atoms with van der Waals surface area (Å²) in [5, 5.41) is 4.18. The van der Waals surface area contributed by atoms with Crippen LogP contribution in [0.1, 0.15) is 86.0 Å². The number of oxime groups is 1. The number of nitrogens with two attached hydrogens (primary N) is 1. The Morgan fingerprint density at radius 2 is 1.84 bits per heavy atom. The molecule has 172 valence electrons. The third kappa shape index (κ3) is 3.71. The number of carbonyl (C=O) groups excluding carboxylic acids is 2. The molecule has 0 radical (unpaired) electrons. The van der Waals surface area contributed by atoms with E-state index in [0.717, 1.165) is 37.3 Å². The van der Waals surface area contributed by atoms with Crippen molar-refractivity contribution in [1.29, 1.82) is 0 Å². The van der Waals surface area contributed by atoms with Crippen LogP contribution in [-0.2, 0) is 14.4 Å². The molecule has 3 saturated carbocycles. The van der Waals surface area contributed by atoms with Gasteiger partial charge in [-0.3, -0.25) is 4.79 Å². The quantitative estimate of drug-likeness (QED) is 0.502. The Morgan fingerprint density at radius 3 is 2.52 bits per heavy atom. The highest BCUT2D eigenvalue weighted by Crippen LogP contribution is 2.66. The fourth-order valence-electron chi connectivity index (χ4n) is 7.75. The van der Waals surface area contributed by atoms with Gasteiger partial charge in [-0.2, -0.15) is 0 Å². The van der Waals surface area contributed by atoms with Crippen LogP contribution in [0.2, 0.25) is 0 Å². The van der Waals surface area contributed by atoms with Crippen LogP contribution >= 0.6 is 0 Å². The van der Waals surface area contributed by atoms with Crippen molar-refractivity contribution in [2.24, 2.45) is 51.3 Å². The average molecular weight is 429 g/mol. The first-order valence-electron chi connectivity index (χ1n) is 12.3.